The summed E-state index contributed by atoms with van der Waals surface area (Å²) in [5.41, 5.74) is 16.7. The zero-order valence-corrected chi connectivity index (χ0v) is 26.6. The summed E-state index contributed by atoms with van der Waals surface area (Å²) >= 11 is 0. The molecule has 0 bridgehead atoms. The molecule has 6 unspecified atom stereocenters. The first kappa shape index (κ1) is 34.1. The van der Waals surface area contributed by atoms with E-state index in [1.54, 1.807) is 0 Å². The predicted molar refractivity (Wildman–Crippen MR) is 162 cm³/mol. The molecule has 4 aliphatic carbocycles. The van der Waals surface area contributed by atoms with E-state index in [2.05, 4.69) is 20.8 Å². The van der Waals surface area contributed by atoms with Crippen LogP contribution in [-0.4, -0.2) is 67.6 Å². The van der Waals surface area contributed by atoms with E-state index < -0.39 is 0 Å². The van der Waals surface area contributed by atoms with Gasteiger partial charge in [-0.1, -0.05) is 20.8 Å². The van der Waals surface area contributed by atoms with Gasteiger partial charge in [0.1, 0.15) is 18.3 Å². The van der Waals surface area contributed by atoms with E-state index >= 15 is 0 Å². The number of carbonyl (C=O) groups excluding carboxylic acids is 3. The van der Waals surface area contributed by atoms with Gasteiger partial charge in [-0.05, 0) is 92.8 Å². The summed E-state index contributed by atoms with van der Waals surface area (Å²) < 4.78 is 18.5. The molecule has 0 aromatic heterocycles. The maximum absolute atomic E-state index is 13.0. The lowest BCUT2D eigenvalue weighted by Crippen LogP contribution is -2.63. The number of fused-ring (bicyclic) bond motifs is 5. The molecule has 0 aromatic carbocycles. The molecule has 0 saturated heterocycles. The summed E-state index contributed by atoms with van der Waals surface area (Å²) in [5, 5.41) is 9.56. The van der Waals surface area contributed by atoms with Gasteiger partial charge in [-0.15, -0.1) is 0 Å². The van der Waals surface area contributed by atoms with Crippen LogP contribution in [0.1, 0.15) is 97.8 Å². The lowest BCUT2D eigenvalue weighted by molar-refractivity contribution is -0.225. The maximum atomic E-state index is 13.0. The smallest absolute Gasteiger partial charge is 0.307 e. The number of aliphatic hydroxyl groups excluding tert-OH is 1. The van der Waals surface area contributed by atoms with Crippen molar-refractivity contribution in [1.82, 2.24) is 0 Å². The Morgan fingerprint density at radius 1 is 0.837 bits per heavy atom. The van der Waals surface area contributed by atoms with Crippen molar-refractivity contribution in [1.29, 1.82) is 0 Å². The van der Waals surface area contributed by atoms with Crippen molar-refractivity contribution in [3.8, 4) is 0 Å². The summed E-state index contributed by atoms with van der Waals surface area (Å²) in [6, 6.07) is 0. The summed E-state index contributed by atoms with van der Waals surface area (Å²) in [6.07, 6.45) is 7.38. The van der Waals surface area contributed by atoms with E-state index in [1.807, 2.05) is 0 Å². The molecular weight excluding hydrogens is 550 g/mol. The number of esters is 3. The molecule has 0 amide bonds. The molecular formula is C33H57N3O7. The average molecular weight is 608 g/mol. The average Bonchev–Trinajstić information content (AvgIpc) is 3.31. The summed E-state index contributed by atoms with van der Waals surface area (Å²) in [4.78, 5) is 38.3. The number of ether oxygens (including phenoxy) is 3. The second-order valence-corrected chi connectivity index (χ2v) is 14.4. The number of hydrogen-bond donors (Lipinski definition) is 4. The van der Waals surface area contributed by atoms with Crippen LogP contribution in [0, 0.1) is 46.3 Å². The number of carbonyl (C=O) groups is 3. The van der Waals surface area contributed by atoms with Crippen LogP contribution in [0.5, 0.6) is 0 Å². The fourth-order valence-corrected chi connectivity index (χ4v) is 10.1. The molecule has 7 N–H and O–H groups in total. The third-order valence-corrected chi connectivity index (χ3v) is 12.2. The van der Waals surface area contributed by atoms with Crippen LogP contribution >= 0.6 is 0 Å². The SMILES string of the molecule is C[C@H](CCCO)C1CC[C@H]2C3[C@H](OC(=O)CCN)CC4C[C@H](OC(=O)CCN)CCC4(C)[C@H]3CC(OC(=O)CCN)C12C. The van der Waals surface area contributed by atoms with Crippen molar-refractivity contribution in [2.45, 2.75) is 116 Å². The highest BCUT2D eigenvalue weighted by Gasteiger charge is 2.67. The molecule has 4 fully saturated rings. The van der Waals surface area contributed by atoms with Gasteiger partial charge < -0.3 is 36.5 Å². The zero-order valence-electron chi connectivity index (χ0n) is 26.6. The van der Waals surface area contributed by atoms with Crippen LogP contribution in [-0.2, 0) is 28.6 Å². The molecule has 10 nitrogen and oxygen atoms in total. The fourth-order valence-electron chi connectivity index (χ4n) is 10.1. The quantitative estimate of drug-likeness (QED) is 0.180. The van der Waals surface area contributed by atoms with Crippen molar-refractivity contribution in [3.05, 3.63) is 0 Å². The van der Waals surface area contributed by atoms with Gasteiger partial charge in [-0.3, -0.25) is 14.4 Å². The zero-order chi connectivity index (χ0) is 31.4. The van der Waals surface area contributed by atoms with Crippen LogP contribution in [0.15, 0.2) is 0 Å². The van der Waals surface area contributed by atoms with Crippen molar-refractivity contribution in [3.63, 3.8) is 0 Å². The molecule has 246 valence electrons. The molecule has 4 aliphatic rings. The Hall–Kier alpha value is -1.75. The highest BCUT2D eigenvalue weighted by Crippen LogP contribution is 2.69. The minimum Gasteiger partial charge on any atom is -0.462 e. The van der Waals surface area contributed by atoms with Gasteiger partial charge in [0.15, 0.2) is 0 Å². The van der Waals surface area contributed by atoms with Gasteiger partial charge in [0, 0.05) is 37.6 Å². The Morgan fingerprint density at radius 2 is 1.47 bits per heavy atom. The second kappa shape index (κ2) is 14.6. The maximum Gasteiger partial charge on any atom is 0.307 e. The highest BCUT2D eigenvalue weighted by molar-refractivity contribution is 5.70. The van der Waals surface area contributed by atoms with E-state index in [1.165, 1.54) is 0 Å². The minimum atomic E-state index is -0.281. The number of nitrogens with two attached hydrogens (primary N) is 3. The van der Waals surface area contributed by atoms with Crippen molar-refractivity contribution in [2.75, 3.05) is 26.2 Å². The van der Waals surface area contributed by atoms with Crippen LogP contribution in [0.2, 0.25) is 0 Å². The van der Waals surface area contributed by atoms with Gasteiger partial charge in [-0.2, -0.15) is 0 Å². The monoisotopic (exact) mass is 607 g/mol. The molecule has 43 heavy (non-hydrogen) atoms. The Labute approximate surface area is 257 Å². The van der Waals surface area contributed by atoms with E-state index in [9.17, 15) is 19.5 Å². The summed E-state index contributed by atoms with van der Waals surface area (Å²) in [5.74, 6) is 0.646. The molecule has 4 saturated carbocycles. The topological polar surface area (TPSA) is 177 Å². The lowest BCUT2D eigenvalue weighted by atomic mass is 9.43. The molecule has 10 heteroatoms. The van der Waals surface area contributed by atoms with Crippen molar-refractivity contribution < 1.29 is 33.7 Å². The lowest BCUT2D eigenvalue weighted by Gasteiger charge is -2.64. The molecule has 0 radical (unpaired) electrons. The Balaban J connectivity index is 1.71. The largest absolute Gasteiger partial charge is 0.462 e. The molecule has 11 atom stereocenters. The molecule has 0 heterocycles. The Kier molecular flexibility index (Phi) is 11.6. The third-order valence-electron chi connectivity index (χ3n) is 12.2. The van der Waals surface area contributed by atoms with Gasteiger partial charge in [0.2, 0.25) is 0 Å². The molecule has 4 rings (SSSR count). The van der Waals surface area contributed by atoms with Crippen LogP contribution in [0.4, 0.5) is 0 Å². The van der Waals surface area contributed by atoms with Crippen LogP contribution < -0.4 is 17.2 Å². The van der Waals surface area contributed by atoms with Crippen molar-refractivity contribution in [2.24, 2.45) is 63.5 Å². The first-order chi connectivity index (χ1) is 20.5. The standard InChI is InChI=1S/C33H57N3O7/c1-20(5-4-16-37)23-6-7-24-31-25(19-27(33(23,24)3)43-30(40)11-15-36)32(2)12-8-22(41-28(38)9-13-34)17-21(32)18-26(31)42-29(39)10-14-35/h20-27,31,37H,4-19,34-36H2,1-3H3/t20-,21?,22-,23?,24+,25+,26-,27?,31?,32?,33?/m1/s1. The minimum absolute atomic E-state index is 0.0708. The molecule has 0 spiro atoms. The van der Waals surface area contributed by atoms with Gasteiger partial charge >= 0.3 is 17.9 Å². The fraction of sp³-hybridized carbons (Fsp3) is 0.909. The van der Waals surface area contributed by atoms with Gasteiger partial charge in [-0.25, -0.2) is 0 Å². The van der Waals surface area contributed by atoms with Crippen molar-refractivity contribution >= 4 is 17.9 Å². The first-order valence-electron chi connectivity index (χ1n) is 16.8. The first-order valence-corrected chi connectivity index (χ1v) is 16.8. The number of aliphatic hydroxyl groups is 1. The van der Waals surface area contributed by atoms with Gasteiger partial charge in [0.25, 0.3) is 0 Å². The van der Waals surface area contributed by atoms with Gasteiger partial charge in [0.05, 0.1) is 19.3 Å². The third kappa shape index (κ3) is 6.92. The van der Waals surface area contributed by atoms with E-state index in [-0.39, 0.29) is 116 Å². The van der Waals surface area contributed by atoms with E-state index in [4.69, 9.17) is 31.4 Å². The predicted octanol–water partition coefficient (Wildman–Crippen LogP) is 3.06. The second-order valence-electron chi connectivity index (χ2n) is 14.4. The summed E-state index contributed by atoms with van der Waals surface area (Å²) in [6.45, 7) is 7.86. The Morgan fingerprint density at radius 3 is 2.09 bits per heavy atom. The Bertz CT molecular complexity index is 980. The van der Waals surface area contributed by atoms with E-state index in [0.717, 1.165) is 51.4 Å². The van der Waals surface area contributed by atoms with Crippen LogP contribution in [0.25, 0.3) is 0 Å². The highest BCUT2D eigenvalue weighted by atomic mass is 16.6. The molecule has 0 aliphatic heterocycles. The number of rotatable bonds is 13. The van der Waals surface area contributed by atoms with E-state index in [0.29, 0.717) is 18.3 Å². The number of hydrogen-bond acceptors (Lipinski definition) is 10. The molecule has 0 aromatic rings. The normalized spacial score (nSPS) is 39.1. The summed E-state index contributed by atoms with van der Waals surface area (Å²) in [7, 11) is 0. The van der Waals surface area contributed by atoms with Crippen LogP contribution in [0.3, 0.4) is 0 Å².